The van der Waals surface area contributed by atoms with Crippen molar-refractivity contribution in [2.45, 2.75) is 39.4 Å². The summed E-state index contributed by atoms with van der Waals surface area (Å²) in [6.45, 7) is 6.14. The number of nitrogens with zero attached hydrogens (tertiary/aromatic N) is 1. The summed E-state index contributed by atoms with van der Waals surface area (Å²) in [5.41, 5.74) is 0.973. The quantitative estimate of drug-likeness (QED) is 0.296. The van der Waals surface area contributed by atoms with Gasteiger partial charge in [-0.3, -0.25) is 9.79 Å². The number of hydrogen-bond acceptors (Lipinski definition) is 6. The number of ether oxygens (including phenoxy) is 2. The molecule has 0 aliphatic rings. The molecule has 0 spiro atoms. The molecular weight excluding hydrogens is 344 g/mol. The molecule has 0 amide bonds. The predicted octanol–water partition coefficient (Wildman–Crippen LogP) is 2.72. The van der Waals surface area contributed by atoms with Crippen LogP contribution in [-0.4, -0.2) is 49.7 Å². The highest BCUT2D eigenvalue weighted by molar-refractivity contribution is 5.69. The third-order valence-electron chi connectivity index (χ3n) is 3.72. The van der Waals surface area contributed by atoms with Crippen molar-refractivity contribution >= 4 is 12.2 Å². The number of aliphatic imine (C=N–C) groups is 1. The Balaban J connectivity index is 1.98. The average Bonchev–Trinajstić information content (AvgIpc) is 2.67. The Hall–Kier alpha value is -2.02. The van der Waals surface area contributed by atoms with Gasteiger partial charge in [-0.1, -0.05) is 43.3 Å². The molecule has 0 aromatic heterocycles. The average molecular weight is 376 g/mol. The first kappa shape index (κ1) is 23.0. The van der Waals surface area contributed by atoms with Gasteiger partial charge in [0.2, 0.25) is 0 Å². The molecule has 0 bridgehead atoms. The zero-order valence-corrected chi connectivity index (χ0v) is 16.3. The standard InChI is InChI=1S/C21H32N2O4/c1-3-22-12-11-18(2)14-23-15-20(24)17-26-13-7-10-21(25)27-16-19-8-5-4-6-9-19/h3-6,8-9,11-12,18,20,23-24H,7,10,13-17H2,1-2H3/b12-11-,22-3-. The van der Waals surface area contributed by atoms with Gasteiger partial charge >= 0.3 is 5.97 Å². The van der Waals surface area contributed by atoms with Crippen LogP contribution in [0.15, 0.2) is 47.6 Å². The molecule has 1 rings (SSSR count). The molecule has 2 atom stereocenters. The molecule has 0 radical (unpaired) electrons. The van der Waals surface area contributed by atoms with Crippen molar-refractivity contribution in [3.05, 3.63) is 48.2 Å². The van der Waals surface area contributed by atoms with E-state index in [9.17, 15) is 9.90 Å². The summed E-state index contributed by atoms with van der Waals surface area (Å²) in [6.07, 6.45) is 5.84. The van der Waals surface area contributed by atoms with Crippen molar-refractivity contribution in [3.63, 3.8) is 0 Å². The van der Waals surface area contributed by atoms with Gasteiger partial charge in [0.05, 0.1) is 12.7 Å². The van der Waals surface area contributed by atoms with Crippen molar-refractivity contribution in [1.29, 1.82) is 0 Å². The summed E-state index contributed by atoms with van der Waals surface area (Å²) >= 11 is 0. The number of benzene rings is 1. The molecule has 6 nitrogen and oxygen atoms in total. The van der Waals surface area contributed by atoms with Crippen LogP contribution in [0.1, 0.15) is 32.3 Å². The van der Waals surface area contributed by atoms with Crippen molar-refractivity contribution in [2.75, 3.05) is 26.3 Å². The molecule has 6 heteroatoms. The number of aliphatic hydroxyl groups is 1. The lowest BCUT2D eigenvalue weighted by Gasteiger charge is -2.14. The molecule has 1 aromatic carbocycles. The van der Waals surface area contributed by atoms with Crippen LogP contribution >= 0.6 is 0 Å². The summed E-state index contributed by atoms with van der Waals surface area (Å²) in [4.78, 5) is 15.7. The molecular formula is C21H32N2O4. The Kier molecular flexibility index (Phi) is 12.9. The Morgan fingerprint density at radius 1 is 1.30 bits per heavy atom. The summed E-state index contributed by atoms with van der Waals surface area (Å²) in [6, 6.07) is 9.59. The fraction of sp³-hybridized carbons (Fsp3) is 0.524. The van der Waals surface area contributed by atoms with E-state index >= 15 is 0 Å². The Morgan fingerprint density at radius 2 is 2.07 bits per heavy atom. The summed E-state index contributed by atoms with van der Waals surface area (Å²) in [7, 11) is 0. The first-order valence-electron chi connectivity index (χ1n) is 9.42. The third-order valence-corrected chi connectivity index (χ3v) is 3.72. The largest absolute Gasteiger partial charge is 0.461 e. The van der Waals surface area contributed by atoms with Crippen LogP contribution in [0, 0.1) is 5.92 Å². The lowest BCUT2D eigenvalue weighted by Crippen LogP contribution is -2.32. The number of nitrogens with one attached hydrogen (secondary N) is 1. The van der Waals surface area contributed by atoms with E-state index in [4.69, 9.17) is 9.47 Å². The van der Waals surface area contributed by atoms with E-state index in [1.807, 2.05) is 43.3 Å². The zero-order valence-electron chi connectivity index (χ0n) is 16.3. The zero-order chi connectivity index (χ0) is 19.7. The smallest absolute Gasteiger partial charge is 0.306 e. The van der Waals surface area contributed by atoms with Crippen LogP contribution in [0.4, 0.5) is 0 Å². The van der Waals surface area contributed by atoms with Crippen molar-refractivity contribution in [2.24, 2.45) is 10.9 Å². The van der Waals surface area contributed by atoms with Crippen molar-refractivity contribution in [3.8, 4) is 0 Å². The maximum absolute atomic E-state index is 11.7. The minimum Gasteiger partial charge on any atom is -0.461 e. The third kappa shape index (κ3) is 12.9. The van der Waals surface area contributed by atoms with Gasteiger partial charge in [-0.15, -0.1) is 0 Å². The van der Waals surface area contributed by atoms with Crippen LogP contribution in [0.2, 0.25) is 0 Å². The maximum atomic E-state index is 11.7. The molecule has 0 heterocycles. The van der Waals surface area contributed by atoms with Crippen LogP contribution in [-0.2, 0) is 20.9 Å². The second kappa shape index (κ2) is 15.1. The SMILES string of the molecule is C/C=N\C=C/C(C)CNCC(O)COCCCC(=O)OCc1ccccc1. The maximum Gasteiger partial charge on any atom is 0.306 e. The number of carbonyl (C=O) groups is 1. The molecule has 1 aromatic rings. The fourth-order valence-electron chi connectivity index (χ4n) is 2.24. The van der Waals surface area contributed by atoms with Crippen LogP contribution in [0.5, 0.6) is 0 Å². The highest BCUT2D eigenvalue weighted by Crippen LogP contribution is 2.03. The van der Waals surface area contributed by atoms with E-state index in [2.05, 4.69) is 17.2 Å². The topological polar surface area (TPSA) is 80.2 Å². The van der Waals surface area contributed by atoms with E-state index in [-0.39, 0.29) is 12.6 Å². The molecule has 2 unspecified atom stereocenters. The predicted molar refractivity (Wildman–Crippen MR) is 108 cm³/mol. The molecule has 27 heavy (non-hydrogen) atoms. The molecule has 0 aliphatic carbocycles. The van der Waals surface area contributed by atoms with E-state index < -0.39 is 6.10 Å². The number of carbonyl (C=O) groups excluding carboxylic acids is 1. The van der Waals surface area contributed by atoms with E-state index in [1.54, 1.807) is 12.4 Å². The summed E-state index contributed by atoms with van der Waals surface area (Å²) < 4.78 is 10.6. The van der Waals surface area contributed by atoms with E-state index in [1.165, 1.54) is 0 Å². The number of hydrogen-bond donors (Lipinski definition) is 2. The normalized spacial score (nSPS) is 13.9. The fourth-order valence-corrected chi connectivity index (χ4v) is 2.24. The first-order valence-corrected chi connectivity index (χ1v) is 9.42. The van der Waals surface area contributed by atoms with E-state index in [0.717, 1.165) is 12.1 Å². The summed E-state index contributed by atoms with van der Waals surface area (Å²) in [5, 5.41) is 13.1. The van der Waals surface area contributed by atoms with Crippen molar-refractivity contribution < 1.29 is 19.4 Å². The highest BCUT2D eigenvalue weighted by atomic mass is 16.5. The van der Waals surface area contributed by atoms with Gasteiger partial charge in [0.1, 0.15) is 6.61 Å². The van der Waals surface area contributed by atoms with Crippen LogP contribution in [0.25, 0.3) is 0 Å². The van der Waals surface area contributed by atoms with Gasteiger partial charge in [-0.25, -0.2) is 0 Å². The van der Waals surface area contributed by atoms with E-state index in [0.29, 0.717) is 38.5 Å². The highest BCUT2D eigenvalue weighted by Gasteiger charge is 2.06. The molecule has 0 saturated carbocycles. The lowest BCUT2D eigenvalue weighted by molar-refractivity contribution is -0.145. The molecule has 2 N–H and O–H groups in total. The number of aliphatic hydroxyl groups excluding tert-OH is 1. The molecule has 150 valence electrons. The second-order valence-corrected chi connectivity index (χ2v) is 6.36. The Bertz CT molecular complexity index is 561. The van der Waals surface area contributed by atoms with Crippen LogP contribution in [0.3, 0.4) is 0 Å². The summed E-state index contributed by atoms with van der Waals surface area (Å²) in [5.74, 6) is 0.0998. The Labute approximate surface area is 162 Å². The second-order valence-electron chi connectivity index (χ2n) is 6.36. The van der Waals surface area contributed by atoms with Crippen LogP contribution < -0.4 is 5.32 Å². The molecule has 0 fully saturated rings. The molecule has 0 aliphatic heterocycles. The van der Waals surface area contributed by atoms with Gasteiger partial charge in [0.25, 0.3) is 0 Å². The van der Waals surface area contributed by atoms with Gasteiger partial charge in [-0.05, 0) is 24.8 Å². The van der Waals surface area contributed by atoms with Gasteiger partial charge in [-0.2, -0.15) is 0 Å². The number of rotatable bonds is 14. The number of esters is 1. The van der Waals surface area contributed by atoms with Gasteiger partial charge < -0.3 is 19.9 Å². The van der Waals surface area contributed by atoms with Gasteiger partial charge in [0.15, 0.2) is 0 Å². The lowest BCUT2D eigenvalue weighted by atomic mass is 10.2. The first-order chi connectivity index (χ1) is 13.1. The Morgan fingerprint density at radius 3 is 2.81 bits per heavy atom. The van der Waals surface area contributed by atoms with Crippen molar-refractivity contribution in [1.82, 2.24) is 5.32 Å². The van der Waals surface area contributed by atoms with Gasteiger partial charge in [0, 0.05) is 38.5 Å². The minimum atomic E-state index is -0.570. The molecule has 0 saturated heterocycles. The minimum absolute atomic E-state index is 0.237. The monoisotopic (exact) mass is 376 g/mol.